The minimum absolute atomic E-state index is 0.0426. The molecule has 108 valence electrons. The van der Waals surface area contributed by atoms with Gasteiger partial charge in [0.05, 0.1) is 15.5 Å². The van der Waals surface area contributed by atoms with Crippen molar-refractivity contribution in [3.8, 4) is 6.07 Å². The van der Waals surface area contributed by atoms with E-state index < -0.39 is 10.0 Å². The lowest BCUT2D eigenvalue weighted by atomic mass is 10.0. The van der Waals surface area contributed by atoms with Crippen LogP contribution in [0.1, 0.15) is 25.3 Å². The lowest BCUT2D eigenvalue weighted by Crippen LogP contribution is -2.48. The Balaban J connectivity index is 2.36. The molecule has 1 aromatic rings. The van der Waals surface area contributed by atoms with Crippen LogP contribution in [-0.4, -0.2) is 31.4 Å². The summed E-state index contributed by atoms with van der Waals surface area (Å²) in [6, 6.07) is 5.99. The molecular weight excluding hydrogens is 298 g/mol. The molecule has 1 saturated heterocycles. The maximum absolute atomic E-state index is 12.6. The van der Waals surface area contributed by atoms with Crippen LogP contribution in [0.4, 0.5) is 0 Å². The molecule has 1 heterocycles. The highest BCUT2D eigenvalue weighted by atomic mass is 35.5. The van der Waals surface area contributed by atoms with Gasteiger partial charge in [0.1, 0.15) is 6.07 Å². The van der Waals surface area contributed by atoms with E-state index in [-0.39, 0.29) is 27.6 Å². The van der Waals surface area contributed by atoms with Gasteiger partial charge in [0.25, 0.3) is 0 Å². The largest absolute Gasteiger partial charge is 0.328 e. The van der Waals surface area contributed by atoms with Crippen LogP contribution in [0.2, 0.25) is 5.02 Å². The summed E-state index contributed by atoms with van der Waals surface area (Å²) in [6.07, 6.45) is 1.29. The lowest BCUT2D eigenvalue weighted by molar-refractivity contribution is 0.247. The number of sulfonamides is 1. The minimum Gasteiger partial charge on any atom is -0.328 e. The minimum atomic E-state index is -3.60. The van der Waals surface area contributed by atoms with Crippen molar-refractivity contribution in [3.63, 3.8) is 0 Å². The zero-order valence-electron chi connectivity index (χ0n) is 11.1. The highest BCUT2D eigenvalue weighted by Crippen LogP contribution is 2.27. The second-order valence-corrected chi connectivity index (χ2v) is 7.30. The van der Waals surface area contributed by atoms with Gasteiger partial charge in [-0.2, -0.15) is 9.57 Å². The molecule has 2 atom stereocenters. The first-order chi connectivity index (χ1) is 9.36. The molecule has 0 aliphatic carbocycles. The Kier molecular flexibility index (Phi) is 4.35. The van der Waals surface area contributed by atoms with Crippen molar-refractivity contribution in [3.05, 3.63) is 28.8 Å². The molecule has 2 unspecified atom stereocenters. The normalized spacial score (nSPS) is 24.3. The number of rotatable bonds is 2. The molecular formula is C13H16ClN3O2S. The highest BCUT2D eigenvalue weighted by Gasteiger charge is 2.33. The van der Waals surface area contributed by atoms with Crippen LogP contribution in [0.3, 0.4) is 0 Å². The first kappa shape index (κ1) is 15.3. The maximum atomic E-state index is 12.6. The molecule has 1 aromatic carbocycles. The first-order valence-corrected chi connectivity index (χ1v) is 8.15. The highest BCUT2D eigenvalue weighted by molar-refractivity contribution is 7.89. The molecule has 1 fully saturated rings. The number of hydrogen-bond donors (Lipinski definition) is 1. The molecule has 0 bridgehead atoms. The second-order valence-electron chi connectivity index (χ2n) is 5.00. The fourth-order valence-corrected chi connectivity index (χ4v) is 4.40. The molecule has 5 nitrogen and oxygen atoms in total. The van der Waals surface area contributed by atoms with Crippen molar-refractivity contribution < 1.29 is 8.42 Å². The van der Waals surface area contributed by atoms with Crippen LogP contribution < -0.4 is 5.73 Å². The topological polar surface area (TPSA) is 87.2 Å². The van der Waals surface area contributed by atoms with Crippen molar-refractivity contribution in [2.45, 2.75) is 36.7 Å². The van der Waals surface area contributed by atoms with Crippen LogP contribution in [0.25, 0.3) is 0 Å². The van der Waals surface area contributed by atoms with Crippen molar-refractivity contribution >= 4 is 21.6 Å². The van der Waals surface area contributed by atoms with Crippen LogP contribution >= 0.6 is 11.6 Å². The quantitative estimate of drug-likeness (QED) is 0.900. The summed E-state index contributed by atoms with van der Waals surface area (Å²) >= 11 is 5.91. The SMILES string of the molecule is CC1CC(N)CCN1S(=O)(=O)c1ccc(C#N)c(Cl)c1. The van der Waals surface area contributed by atoms with Gasteiger partial charge in [0, 0.05) is 18.6 Å². The van der Waals surface area contributed by atoms with Crippen LogP contribution in [0.5, 0.6) is 0 Å². The van der Waals surface area contributed by atoms with Crippen molar-refractivity contribution in [2.75, 3.05) is 6.54 Å². The van der Waals surface area contributed by atoms with Gasteiger partial charge in [-0.15, -0.1) is 0 Å². The van der Waals surface area contributed by atoms with Gasteiger partial charge in [-0.3, -0.25) is 0 Å². The van der Waals surface area contributed by atoms with Crippen molar-refractivity contribution in [1.82, 2.24) is 4.31 Å². The number of nitriles is 1. The van der Waals surface area contributed by atoms with Gasteiger partial charge >= 0.3 is 0 Å². The third-order valence-corrected chi connectivity index (χ3v) is 5.85. The van der Waals surface area contributed by atoms with E-state index in [1.165, 1.54) is 22.5 Å². The average Bonchev–Trinajstić information content (AvgIpc) is 2.38. The number of benzene rings is 1. The van der Waals surface area contributed by atoms with Gasteiger partial charge < -0.3 is 5.73 Å². The van der Waals surface area contributed by atoms with Crippen molar-refractivity contribution in [2.24, 2.45) is 5.73 Å². The van der Waals surface area contributed by atoms with Crippen molar-refractivity contribution in [1.29, 1.82) is 5.26 Å². The van der Waals surface area contributed by atoms with E-state index in [2.05, 4.69) is 0 Å². The fraction of sp³-hybridized carbons (Fsp3) is 0.462. The predicted octanol–water partition coefficient (Wildman–Crippen LogP) is 1.71. The molecule has 0 spiro atoms. The molecule has 0 amide bonds. The first-order valence-electron chi connectivity index (χ1n) is 6.33. The summed E-state index contributed by atoms with van der Waals surface area (Å²) in [5, 5.41) is 8.97. The summed E-state index contributed by atoms with van der Waals surface area (Å²) in [7, 11) is -3.60. The molecule has 2 rings (SSSR count). The zero-order chi connectivity index (χ0) is 14.9. The van der Waals surface area contributed by atoms with Crippen LogP contribution in [0, 0.1) is 11.3 Å². The maximum Gasteiger partial charge on any atom is 0.243 e. The molecule has 0 aromatic heterocycles. The molecule has 0 saturated carbocycles. The van der Waals surface area contributed by atoms with E-state index in [1.807, 2.05) is 13.0 Å². The van der Waals surface area contributed by atoms with E-state index in [4.69, 9.17) is 22.6 Å². The Morgan fingerprint density at radius 1 is 1.50 bits per heavy atom. The van der Waals surface area contributed by atoms with Crippen LogP contribution in [-0.2, 0) is 10.0 Å². The average molecular weight is 314 g/mol. The Morgan fingerprint density at radius 3 is 2.75 bits per heavy atom. The molecule has 0 radical (unpaired) electrons. The summed E-state index contributed by atoms with van der Waals surface area (Å²) in [5.74, 6) is 0. The molecule has 2 N–H and O–H groups in total. The molecule has 1 aliphatic heterocycles. The number of piperidine rings is 1. The Hall–Kier alpha value is -1.13. The Bertz CT molecular complexity index is 654. The molecule has 1 aliphatic rings. The van der Waals surface area contributed by atoms with E-state index in [0.717, 1.165) is 0 Å². The van der Waals surface area contributed by atoms with E-state index in [0.29, 0.717) is 19.4 Å². The standard InChI is InChI=1S/C13H16ClN3O2S/c1-9-6-11(16)4-5-17(9)20(18,19)12-3-2-10(8-15)13(14)7-12/h2-3,7,9,11H,4-6,16H2,1H3. The van der Waals surface area contributed by atoms with Gasteiger partial charge in [-0.1, -0.05) is 11.6 Å². The van der Waals surface area contributed by atoms with E-state index >= 15 is 0 Å². The monoisotopic (exact) mass is 313 g/mol. The van der Waals surface area contributed by atoms with Gasteiger partial charge in [-0.05, 0) is 38.0 Å². The predicted molar refractivity (Wildman–Crippen MR) is 76.7 cm³/mol. The Labute approximate surface area is 124 Å². The van der Waals surface area contributed by atoms with Gasteiger partial charge in [0.2, 0.25) is 10.0 Å². The zero-order valence-corrected chi connectivity index (χ0v) is 12.7. The van der Waals surface area contributed by atoms with Crippen LogP contribution in [0.15, 0.2) is 23.1 Å². The summed E-state index contributed by atoms with van der Waals surface area (Å²) in [6.45, 7) is 2.25. The van der Waals surface area contributed by atoms with Gasteiger partial charge in [-0.25, -0.2) is 8.42 Å². The Morgan fingerprint density at radius 2 is 2.20 bits per heavy atom. The van der Waals surface area contributed by atoms with E-state index in [9.17, 15) is 8.42 Å². The number of hydrogen-bond acceptors (Lipinski definition) is 4. The third kappa shape index (κ3) is 2.81. The van der Waals surface area contributed by atoms with E-state index in [1.54, 1.807) is 0 Å². The number of halogens is 1. The summed E-state index contributed by atoms with van der Waals surface area (Å²) < 4.78 is 26.7. The molecule has 20 heavy (non-hydrogen) atoms. The third-order valence-electron chi connectivity index (χ3n) is 3.52. The second kappa shape index (κ2) is 5.70. The summed E-state index contributed by atoms with van der Waals surface area (Å²) in [4.78, 5) is 0.115. The van der Waals surface area contributed by atoms with Gasteiger partial charge in [0.15, 0.2) is 0 Å². The number of nitrogens with two attached hydrogens (primary N) is 1. The number of nitrogens with zero attached hydrogens (tertiary/aromatic N) is 2. The summed E-state index contributed by atoms with van der Waals surface area (Å²) in [5.41, 5.74) is 6.12. The fourth-order valence-electron chi connectivity index (χ4n) is 2.43. The molecule has 7 heteroatoms. The lowest BCUT2D eigenvalue weighted by Gasteiger charge is -2.35. The smallest absolute Gasteiger partial charge is 0.243 e.